The average molecular weight is 353 g/mol. The molecule has 1 fully saturated rings. The van der Waals surface area contributed by atoms with Gasteiger partial charge in [0, 0.05) is 29.7 Å². The maximum Gasteiger partial charge on any atom is 0.253 e. The van der Waals surface area contributed by atoms with Gasteiger partial charge in [-0.2, -0.15) is 0 Å². The van der Waals surface area contributed by atoms with Crippen LogP contribution in [-0.4, -0.2) is 36.3 Å². The summed E-state index contributed by atoms with van der Waals surface area (Å²) in [5.41, 5.74) is 0.666. The standard InChI is InChI=1S/C16H21BrN2O2/c1-2-8-18-15(20)13-6-4-9-19(11-13)16(21)12-5-3-7-14(17)10-12/h3,5,7,10,13H,2,4,6,8-9,11H2,1H3,(H,18,20). The van der Waals surface area contributed by atoms with Crippen LogP contribution in [0.4, 0.5) is 0 Å². The molecule has 2 amide bonds. The minimum absolute atomic E-state index is 0.00397. The number of carbonyl (C=O) groups excluding carboxylic acids is 2. The van der Waals surface area contributed by atoms with Gasteiger partial charge < -0.3 is 10.2 Å². The first-order valence-electron chi connectivity index (χ1n) is 7.44. The first kappa shape index (κ1) is 16.0. The molecule has 1 aromatic carbocycles. The Balaban J connectivity index is 2.00. The SMILES string of the molecule is CCCNC(=O)C1CCCN(C(=O)c2cccc(Br)c2)C1. The Kier molecular flexibility index (Phi) is 5.79. The van der Waals surface area contributed by atoms with Gasteiger partial charge in [-0.15, -0.1) is 0 Å². The summed E-state index contributed by atoms with van der Waals surface area (Å²) in [6.45, 7) is 3.98. The Morgan fingerprint density at radius 2 is 2.24 bits per heavy atom. The van der Waals surface area contributed by atoms with Crippen LogP contribution >= 0.6 is 15.9 Å². The van der Waals surface area contributed by atoms with Crippen LogP contribution in [0.1, 0.15) is 36.5 Å². The van der Waals surface area contributed by atoms with Crippen molar-refractivity contribution in [1.29, 1.82) is 0 Å². The van der Waals surface area contributed by atoms with Gasteiger partial charge in [0.05, 0.1) is 5.92 Å². The summed E-state index contributed by atoms with van der Waals surface area (Å²) in [4.78, 5) is 26.4. The fourth-order valence-electron chi connectivity index (χ4n) is 2.57. The fourth-order valence-corrected chi connectivity index (χ4v) is 2.97. The normalized spacial score (nSPS) is 18.4. The first-order chi connectivity index (χ1) is 10.1. The minimum atomic E-state index is -0.0820. The summed E-state index contributed by atoms with van der Waals surface area (Å²) >= 11 is 3.38. The highest BCUT2D eigenvalue weighted by atomic mass is 79.9. The first-order valence-corrected chi connectivity index (χ1v) is 8.23. The molecule has 5 heteroatoms. The predicted molar refractivity (Wildman–Crippen MR) is 86.1 cm³/mol. The van der Waals surface area contributed by atoms with Crippen molar-refractivity contribution < 1.29 is 9.59 Å². The van der Waals surface area contributed by atoms with Crippen LogP contribution in [0.25, 0.3) is 0 Å². The van der Waals surface area contributed by atoms with Gasteiger partial charge in [-0.3, -0.25) is 9.59 Å². The highest BCUT2D eigenvalue weighted by Crippen LogP contribution is 2.20. The number of rotatable bonds is 4. The summed E-state index contributed by atoms with van der Waals surface area (Å²) in [6.07, 6.45) is 2.67. The molecule has 1 atom stereocenters. The van der Waals surface area contributed by atoms with E-state index in [1.165, 1.54) is 0 Å². The van der Waals surface area contributed by atoms with Crippen LogP contribution in [0, 0.1) is 5.92 Å². The van der Waals surface area contributed by atoms with Crippen LogP contribution in [0.15, 0.2) is 28.7 Å². The smallest absolute Gasteiger partial charge is 0.253 e. The highest BCUT2D eigenvalue weighted by molar-refractivity contribution is 9.10. The van der Waals surface area contributed by atoms with Gasteiger partial charge in [0.1, 0.15) is 0 Å². The highest BCUT2D eigenvalue weighted by Gasteiger charge is 2.28. The molecule has 0 aromatic heterocycles. The summed E-state index contributed by atoms with van der Waals surface area (Å²) in [5.74, 6) is -0.00529. The van der Waals surface area contributed by atoms with Crippen LogP contribution in [0.5, 0.6) is 0 Å². The third-order valence-corrected chi connectivity index (χ3v) is 4.19. The zero-order chi connectivity index (χ0) is 15.2. The predicted octanol–water partition coefficient (Wildman–Crippen LogP) is 2.83. The van der Waals surface area contributed by atoms with Gasteiger partial charge in [-0.25, -0.2) is 0 Å². The van der Waals surface area contributed by atoms with Crippen LogP contribution in [0.3, 0.4) is 0 Å². The lowest BCUT2D eigenvalue weighted by Crippen LogP contribution is -2.45. The molecule has 1 unspecified atom stereocenters. The maximum atomic E-state index is 12.5. The van der Waals surface area contributed by atoms with Crippen molar-refractivity contribution in [2.45, 2.75) is 26.2 Å². The van der Waals surface area contributed by atoms with E-state index in [1.54, 1.807) is 4.90 Å². The lowest BCUT2D eigenvalue weighted by atomic mass is 9.96. The van der Waals surface area contributed by atoms with Crippen molar-refractivity contribution in [2.24, 2.45) is 5.92 Å². The van der Waals surface area contributed by atoms with Crippen LogP contribution in [-0.2, 0) is 4.79 Å². The van der Waals surface area contributed by atoms with E-state index in [4.69, 9.17) is 0 Å². The van der Waals surface area contributed by atoms with E-state index in [2.05, 4.69) is 21.2 Å². The minimum Gasteiger partial charge on any atom is -0.356 e. The van der Waals surface area contributed by atoms with E-state index in [1.807, 2.05) is 31.2 Å². The second-order valence-electron chi connectivity index (χ2n) is 5.39. The van der Waals surface area contributed by atoms with E-state index in [0.29, 0.717) is 18.7 Å². The maximum absolute atomic E-state index is 12.5. The zero-order valence-electron chi connectivity index (χ0n) is 12.3. The number of halogens is 1. The molecule has 4 nitrogen and oxygen atoms in total. The number of carbonyl (C=O) groups is 2. The summed E-state index contributed by atoms with van der Waals surface area (Å²) in [6, 6.07) is 7.39. The quantitative estimate of drug-likeness (QED) is 0.905. The molecular weight excluding hydrogens is 332 g/mol. The van der Waals surface area contributed by atoms with E-state index < -0.39 is 0 Å². The Labute approximate surface area is 134 Å². The monoisotopic (exact) mass is 352 g/mol. The molecule has 0 radical (unpaired) electrons. The second kappa shape index (κ2) is 7.59. The largest absolute Gasteiger partial charge is 0.356 e. The Morgan fingerprint density at radius 3 is 2.95 bits per heavy atom. The number of nitrogens with one attached hydrogen (secondary N) is 1. The molecule has 0 saturated carbocycles. The number of piperidine rings is 1. The molecule has 21 heavy (non-hydrogen) atoms. The molecule has 0 spiro atoms. The molecule has 1 aliphatic heterocycles. The molecule has 0 bridgehead atoms. The third kappa shape index (κ3) is 4.30. The molecule has 2 rings (SSSR count). The number of amides is 2. The molecule has 1 saturated heterocycles. The van der Waals surface area contributed by atoms with E-state index >= 15 is 0 Å². The van der Waals surface area contributed by atoms with Crippen LogP contribution < -0.4 is 5.32 Å². The molecular formula is C16H21BrN2O2. The molecule has 1 aliphatic rings. The number of nitrogens with zero attached hydrogens (tertiary/aromatic N) is 1. The lowest BCUT2D eigenvalue weighted by molar-refractivity contribution is -0.126. The fraction of sp³-hybridized carbons (Fsp3) is 0.500. The molecule has 0 aliphatic carbocycles. The molecule has 114 valence electrons. The molecule has 1 N–H and O–H groups in total. The van der Waals surface area contributed by atoms with Crippen molar-refractivity contribution in [2.75, 3.05) is 19.6 Å². The number of hydrogen-bond acceptors (Lipinski definition) is 2. The molecule has 1 heterocycles. The zero-order valence-corrected chi connectivity index (χ0v) is 13.9. The van der Waals surface area contributed by atoms with E-state index in [9.17, 15) is 9.59 Å². The van der Waals surface area contributed by atoms with Crippen molar-refractivity contribution in [3.63, 3.8) is 0 Å². The second-order valence-corrected chi connectivity index (χ2v) is 6.31. The van der Waals surface area contributed by atoms with Crippen molar-refractivity contribution in [3.8, 4) is 0 Å². The van der Waals surface area contributed by atoms with Crippen molar-refractivity contribution in [3.05, 3.63) is 34.3 Å². The Morgan fingerprint density at radius 1 is 1.43 bits per heavy atom. The summed E-state index contributed by atoms with van der Waals surface area (Å²) in [7, 11) is 0. The van der Waals surface area contributed by atoms with Gasteiger partial charge in [0.2, 0.25) is 5.91 Å². The number of likely N-dealkylation sites (tertiary alicyclic amines) is 1. The van der Waals surface area contributed by atoms with Gasteiger partial charge in [0.15, 0.2) is 0 Å². The van der Waals surface area contributed by atoms with Crippen molar-refractivity contribution in [1.82, 2.24) is 10.2 Å². The van der Waals surface area contributed by atoms with Gasteiger partial charge in [0.25, 0.3) is 5.91 Å². The van der Waals surface area contributed by atoms with Crippen LogP contribution in [0.2, 0.25) is 0 Å². The van der Waals surface area contributed by atoms with Crippen molar-refractivity contribution >= 4 is 27.7 Å². The van der Waals surface area contributed by atoms with Gasteiger partial charge >= 0.3 is 0 Å². The Bertz CT molecular complexity index is 519. The van der Waals surface area contributed by atoms with Gasteiger partial charge in [-0.1, -0.05) is 28.9 Å². The molecule has 1 aromatic rings. The summed E-state index contributed by atoms with van der Waals surface area (Å²) in [5, 5.41) is 2.93. The average Bonchev–Trinajstić information content (AvgIpc) is 2.52. The number of benzene rings is 1. The van der Waals surface area contributed by atoms with Gasteiger partial charge in [-0.05, 0) is 37.5 Å². The van der Waals surface area contributed by atoms with E-state index in [-0.39, 0.29) is 17.7 Å². The summed E-state index contributed by atoms with van der Waals surface area (Å²) < 4.78 is 0.891. The third-order valence-electron chi connectivity index (χ3n) is 3.70. The topological polar surface area (TPSA) is 49.4 Å². The lowest BCUT2D eigenvalue weighted by Gasteiger charge is -2.32. The van der Waals surface area contributed by atoms with E-state index in [0.717, 1.165) is 30.3 Å². The number of hydrogen-bond donors (Lipinski definition) is 1. The Hall–Kier alpha value is -1.36.